The third-order valence-corrected chi connectivity index (χ3v) is 4.60. The van der Waals surface area contributed by atoms with Crippen LogP contribution in [0, 0.1) is 0 Å². The summed E-state index contributed by atoms with van der Waals surface area (Å²) in [6.45, 7) is 7.66. The van der Waals surface area contributed by atoms with E-state index < -0.39 is 0 Å². The summed E-state index contributed by atoms with van der Waals surface area (Å²) in [5.41, 5.74) is 1.87. The first-order valence-electron chi connectivity index (χ1n) is 6.86. The minimum absolute atomic E-state index is 0.0784. The summed E-state index contributed by atoms with van der Waals surface area (Å²) < 4.78 is 1.97. The van der Waals surface area contributed by atoms with Crippen LogP contribution < -0.4 is 0 Å². The van der Waals surface area contributed by atoms with Gasteiger partial charge < -0.3 is 0 Å². The Morgan fingerprint density at radius 3 is 1.36 bits per heavy atom. The van der Waals surface area contributed by atoms with E-state index in [1.807, 2.05) is 48.5 Å². The molecule has 0 amide bonds. The number of Topliss-reactive ketones (excluding diaryl/α,β-unsaturated/α-hetero) is 1. The van der Waals surface area contributed by atoms with Gasteiger partial charge >= 0.3 is 0 Å². The Morgan fingerprint density at radius 1 is 0.773 bits per heavy atom. The number of rotatable bonds is 6. The molecule has 0 aliphatic carbocycles. The Kier molecular flexibility index (Phi) is 5.92. The van der Waals surface area contributed by atoms with Gasteiger partial charge in [0.2, 0.25) is 0 Å². The number of benzene rings is 2. The monoisotopic (exact) mass is 418 g/mol. The molecule has 0 N–H and O–H groups in total. The number of ketones is 1. The van der Waals surface area contributed by atoms with Crippen molar-refractivity contribution in [1.29, 1.82) is 0 Å². The number of hydrogen-bond donors (Lipinski definition) is 0. The van der Waals surface area contributed by atoms with Crippen LogP contribution in [0.4, 0.5) is 0 Å². The molecule has 2 aromatic carbocycles. The second-order valence-electron chi connectivity index (χ2n) is 4.93. The Bertz CT molecular complexity index is 612. The first kappa shape index (κ1) is 16.9. The fourth-order valence-electron chi connectivity index (χ4n) is 2.37. The minimum Gasteiger partial charge on any atom is -0.298 e. The second kappa shape index (κ2) is 7.70. The molecule has 0 saturated carbocycles. The molecule has 0 aliphatic heterocycles. The van der Waals surface area contributed by atoms with Gasteiger partial charge in [0.1, 0.15) is 0 Å². The quantitative estimate of drug-likeness (QED) is 0.523. The van der Waals surface area contributed by atoms with Gasteiger partial charge in [-0.25, -0.2) is 0 Å². The molecule has 0 aliphatic rings. The molecule has 0 radical (unpaired) electrons. The van der Waals surface area contributed by atoms with Crippen molar-refractivity contribution in [3.8, 4) is 0 Å². The maximum atomic E-state index is 12.9. The summed E-state index contributed by atoms with van der Waals surface area (Å²) in [4.78, 5) is 12.9. The van der Waals surface area contributed by atoms with Gasteiger partial charge in [0, 0.05) is 8.95 Å². The summed E-state index contributed by atoms with van der Waals surface area (Å²) in [5, 5.41) is 0. The Balaban J connectivity index is 2.33. The van der Waals surface area contributed by atoms with Crippen molar-refractivity contribution >= 4 is 37.6 Å². The molecule has 1 nitrogen and oxygen atoms in total. The highest BCUT2D eigenvalue weighted by Gasteiger charge is 2.25. The van der Waals surface area contributed by atoms with Crippen LogP contribution in [-0.4, -0.2) is 5.78 Å². The van der Waals surface area contributed by atoms with Gasteiger partial charge in [-0.1, -0.05) is 68.3 Å². The maximum Gasteiger partial charge on any atom is 0.155 e. The number of allylic oxidation sites excluding steroid dienone is 2. The zero-order chi connectivity index (χ0) is 16.1. The van der Waals surface area contributed by atoms with Crippen molar-refractivity contribution in [2.75, 3.05) is 0 Å². The molecule has 2 aromatic rings. The minimum atomic E-state index is -0.347. The van der Waals surface area contributed by atoms with E-state index in [1.165, 1.54) is 0 Å². The largest absolute Gasteiger partial charge is 0.298 e. The van der Waals surface area contributed by atoms with Crippen LogP contribution in [0.25, 0.3) is 0 Å². The van der Waals surface area contributed by atoms with Crippen LogP contribution in [0.2, 0.25) is 0 Å². The molecular weight excluding hydrogens is 404 g/mol. The molecule has 0 saturated heterocycles. The molecule has 112 valence electrons. The number of hydrogen-bond acceptors (Lipinski definition) is 1. The first-order valence-corrected chi connectivity index (χ1v) is 8.45. The summed E-state index contributed by atoms with van der Waals surface area (Å²) in [6, 6.07) is 15.5. The van der Waals surface area contributed by atoms with Crippen LogP contribution in [0.15, 0.2) is 82.8 Å². The number of halogens is 2. The highest BCUT2D eigenvalue weighted by atomic mass is 79.9. The molecule has 3 heteroatoms. The molecule has 0 fully saturated rings. The molecule has 0 aromatic heterocycles. The highest BCUT2D eigenvalue weighted by Crippen LogP contribution is 2.29. The number of carbonyl (C=O) groups is 1. The van der Waals surface area contributed by atoms with Crippen LogP contribution in [-0.2, 0) is 4.79 Å². The molecule has 2 rings (SSSR count). The SMILES string of the molecule is C=CC(C(=O)C(C=C)c1ccc(Br)cc1)c1ccc(Br)cc1. The lowest BCUT2D eigenvalue weighted by atomic mass is 9.84. The van der Waals surface area contributed by atoms with Crippen molar-refractivity contribution in [1.82, 2.24) is 0 Å². The number of carbonyl (C=O) groups excluding carboxylic acids is 1. The molecule has 22 heavy (non-hydrogen) atoms. The lowest BCUT2D eigenvalue weighted by molar-refractivity contribution is -0.120. The topological polar surface area (TPSA) is 17.1 Å². The third kappa shape index (κ3) is 3.84. The summed E-state index contributed by atoms with van der Waals surface area (Å²) >= 11 is 6.82. The maximum absolute atomic E-state index is 12.9. The lowest BCUT2D eigenvalue weighted by Crippen LogP contribution is -2.18. The molecule has 0 spiro atoms. The van der Waals surface area contributed by atoms with Gasteiger partial charge in [-0.15, -0.1) is 13.2 Å². The molecule has 2 atom stereocenters. The normalized spacial score (nSPS) is 13.2. The van der Waals surface area contributed by atoms with Gasteiger partial charge in [-0.3, -0.25) is 4.79 Å². The Hall–Kier alpha value is -1.45. The predicted octanol–water partition coefficient (Wildman–Crippen LogP) is 6.02. The van der Waals surface area contributed by atoms with Gasteiger partial charge in [-0.2, -0.15) is 0 Å². The smallest absolute Gasteiger partial charge is 0.155 e. The van der Waals surface area contributed by atoms with E-state index in [2.05, 4.69) is 45.0 Å². The highest BCUT2D eigenvalue weighted by molar-refractivity contribution is 9.10. The summed E-state index contributed by atoms with van der Waals surface area (Å²) in [6.07, 6.45) is 3.39. The first-order chi connectivity index (χ1) is 10.6. The standard InChI is InChI=1S/C19H16Br2O/c1-3-17(13-5-9-15(20)10-6-13)19(22)18(4-2)14-7-11-16(21)12-8-14/h3-12,17-18H,1-2H2. The van der Waals surface area contributed by atoms with E-state index in [4.69, 9.17) is 0 Å². The zero-order valence-corrected chi connectivity index (χ0v) is 15.2. The van der Waals surface area contributed by atoms with Gasteiger partial charge in [-0.05, 0) is 35.4 Å². The van der Waals surface area contributed by atoms with Crippen LogP contribution in [0.3, 0.4) is 0 Å². The van der Waals surface area contributed by atoms with Crippen LogP contribution in [0.1, 0.15) is 23.0 Å². The van der Waals surface area contributed by atoms with Gasteiger partial charge in [0.25, 0.3) is 0 Å². The fourth-order valence-corrected chi connectivity index (χ4v) is 2.90. The average molecular weight is 420 g/mol. The molecule has 2 unspecified atom stereocenters. The van der Waals surface area contributed by atoms with Gasteiger partial charge in [0.05, 0.1) is 11.8 Å². The van der Waals surface area contributed by atoms with Crippen LogP contribution >= 0.6 is 31.9 Å². The van der Waals surface area contributed by atoms with Crippen molar-refractivity contribution in [3.05, 3.63) is 93.9 Å². The van der Waals surface area contributed by atoms with E-state index >= 15 is 0 Å². The summed E-state index contributed by atoms with van der Waals surface area (Å²) in [5.74, 6) is -0.617. The molecular formula is C19H16Br2O. The van der Waals surface area contributed by atoms with E-state index in [0.29, 0.717) is 0 Å². The average Bonchev–Trinajstić information content (AvgIpc) is 2.52. The van der Waals surface area contributed by atoms with E-state index in [1.54, 1.807) is 12.2 Å². The summed E-state index contributed by atoms with van der Waals surface area (Å²) in [7, 11) is 0. The van der Waals surface area contributed by atoms with Crippen LogP contribution in [0.5, 0.6) is 0 Å². The predicted molar refractivity (Wildman–Crippen MR) is 99.2 cm³/mol. The van der Waals surface area contributed by atoms with Crippen molar-refractivity contribution < 1.29 is 4.79 Å². The fraction of sp³-hybridized carbons (Fsp3) is 0.105. The van der Waals surface area contributed by atoms with E-state index in [0.717, 1.165) is 20.1 Å². The molecule has 0 bridgehead atoms. The zero-order valence-electron chi connectivity index (χ0n) is 12.0. The van der Waals surface area contributed by atoms with E-state index in [-0.39, 0.29) is 17.6 Å². The Labute approximate surface area is 148 Å². The lowest BCUT2D eigenvalue weighted by Gasteiger charge is -2.18. The van der Waals surface area contributed by atoms with E-state index in [9.17, 15) is 4.79 Å². The van der Waals surface area contributed by atoms with Crippen molar-refractivity contribution in [3.63, 3.8) is 0 Å². The third-order valence-electron chi connectivity index (χ3n) is 3.54. The van der Waals surface area contributed by atoms with Gasteiger partial charge in [0.15, 0.2) is 5.78 Å². The van der Waals surface area contributed by atoms with Crippen molar-refractivity contribution in [2.45, 2.75) is 11.8 Å². The van der Waals surface area contributed by atoms with Crippen molar-refractivity contribution in [2.24, 2.45) is 0 Å². The second-order valence-corrected chi connectivity index (χ2v) is 6.76. The Morgan fingerprint density at radius 2 is 1.09 bits per heavy atom. The molecule has 0 heterocycles.